The molecule has 17 heavy (non-hydrogen) atoms. The minimum atomic E-state index is 0.407. The molecule has 0 spiro atoms. The van der Waals surface area contributed by atoms with E-state index in [1.807, 2.05) is 0 Å². The van der Waals surface area contributed by atoms with Crippen molar-refractivity contribution in [2.75, 3.05) is 0 Å². The summed E-state index contributed by atoms with van der Waals surface area (Å²) >= 11 is 0. The van der Waals surface area contributed by atoms with Gasteiger partial charge in [-0.3, -0.25) is 0 Å². The molecule has 4 aliphatic carbocycles. The first-order valence-electron chi connectivity index (χ1n) is 7.34. The average Bonchev–Trinajstić information content (AvgIpc) is 2.97. The normalized spacial score (nSPS) is 57.8. The molecule has 4 aliphatic rings. The first-order chi connectivity index (χ1) is 8.16. The van der Waals surface area contributed by atoms with Gasteiger partial charge < -0.3 is 4.79 Å². The highest BCUT2D eigenvalue weighted by atomic mass is 16.1. The van der Waals surface area contributed by atoms with E-state index in [0.717, 1.165) is 47.8 Å². The second-order valence-electron chi connectivity index (χ2n) is 7.10. The van der Waals surface area contributed by atoms with Crippen LogP contribution in [-0.2, 0) is 4.79 Å². The molecule has 3 saturated carbocycles. The summed E-state index contributed by atoms with van der Waals surface area (Å²) in [6.07, 6.45) is 8.71. The summed E-state index contributed by atoms with van der Waals surface area (Å²) in [5.41, 5.74) is 0. The fourth-order valence-electron chi connectivity index (χ4n) is 6.14. The van der Waals surface area contributed by atoms with Gasteiger partial charge in [0.1, 0.15) is 5.78 Å². The van der Waals surface area contributed by atoms with Crippen molar-refractivity contribution in [1.82, 2.24) is 0 Å². The van der Waals surface area contributed by atoms with Gasteiger partial charge in [0.2, 0.25) is 0 Å². The van der Waals surface area contributed by atoms with Crippen LogP contribution in [-0.4, -0.2) is 5.78 Å². The zero-order chi connectivity index (χ0) is 11.7. The third-order valence-corrected chi connectivity index (χ3v) is 6.54. The number of rotatable bonds is 2. The van der Waals surface area contributed by atoms with Crippen molar-refractivity contribution in [1.29, 1.82) is 0 Å². The standard InChI is InChI=1S/C16H22O/c1-8(17)5-12-9(2)13-7-14(12)16-11-4-3-10(6-11)15(13)16/h3-4,9-16H,5-7H2,1-2H3. The molecular weight excluding hydrogens is 208 g/mol. The number of allylic oxidation sites excluding steroid dienone is 2. The third kappa shape index (κ3) is 1.18. The van der Waals surface area contributed by atoms with Gasteiger partial charge in [0.15, 0.2) is 0 Å². The molecular formula is C16H22O. The predicted octanol–water partition coefficient (Wildman–Crippen LogP) is 3.31. The number of Topliss-reactive ketones (excluding diaryl/α,β-unsaturated/α-hetero) is 1. The highest BCUT2D eigenvalue weighted by Gasteiger charge is 2.63. The van der Waals surface area contributed by atoms with Crippen LogP contribution in [0.5, 0.6) is 0 Å². The first-order valence-corrected chi connectivity index (χ1v) is 7.34. The summed E-state index contributed by atoms with van der Waals surface area (Å²) in [5.74, 6) is 7.47. The van der Waals surface area contributed by atoms with Crippen LogP contribution < -0.4 is 0 Å². The molecule has 0 amide bonds. The lowest BCUT2D eigenvalue weighted by Crippen LogP contribution is -2.36. The van der Waals surface area contributed by atoms with Gasteiger partial charge in [0.25, 0.3) is 0 Å². The van der Waals surface area contributed by atoms with Crippen molar-refractivity contribution >= 4 is 5.78 Å². The number of ketones is 1. The maximum Gasteiger partial charge on any atom is 0.130 e. The van der Waals surface area contributed by atoms with Crippen LogP contribution >= 0.6 is 0 Å². The number of hydrogen-bond donors (Lipinski definition) is 0. The molecule has 1 nitrogen and oxygen atoms in total. The fourth-order valence-corrected chi connectivity index (χ4v) is 6.14. The van der Waals surface area contributed by atoms with Crippen LogP contribution in [0.4, 0.5) is 0 Å². The van der Waals surface area contributed by atoms with E-state index in [2.05, 4.69) is 19.1 Å². The Bertz CT molecular complexity index is 396. The Morgan fingerprint density at radius 2 is 1.76 bits per heavy atom. The third-order valence-electron chi connectivity index (χ3n) is 6.54. The van der Waals surface area contributed by atoms with Crippen LogP contribution in [0.15, 0.2) is 12.2 Å². The molecule has 8 atom stereocenters. The van der Waals surface area contributed by atoms with E-state index < -0.39 is 0 Å². The first kappa shape index (κ1) is 10.3. The van der Waals surface area contributed by atoms with E-state index in [4.69, 9.17) is 0 Å². The molecule has 1 heteroatoms. The molecule has 0 aromatic rings. The van der Waals surface area contributed by atoms with Gasteiger partial charge in [-0.25, -0.2) is 0 Å². The van der Waals surface area contributed by atoms with Gasteiger partial charge in [-0.2, -0.15) is 0 Å². The largest absolute Gasteiger partial charge is 0.300 e. The van der Waals surface area contributed by atoms with Crippen molar-refractivity contribution < 1.29 is 4.79 Å². The zero-order valence-electron chi connectivity index (χ0n) is 10.8. The Balaban J connectivity index is 1.65. The van der Waals surface area contributed by atoms with Gasteiger partial charge in [-0.15, -0.1) is 0 Å². The smallest absolute Gasteiger partial charge is 0.130 e. The predicted molar refractivity (Wildman–Crippen MR) is 67.3 cm³/mol. The molecule has 0 N–H and O–H groups in total. The van der Waals surface area contributed by atoms with Gasteiger partial charge in [0.05, 0.1) is 0 Å². The van der Waals surface area contributed by atoms with E-state index in [1.165, 1.54) is 12.8 Å². The highest BCUT2D eigenvalue weighted by Crippen LogP contribution is 2.69. The van der Waals surface area contributed by atoms with E-state index in [1.54, 1.807) is 6.92 Å². The second kappa shape index (κ2) is 3.24. The van der Waals surface area contributed by atoms with Crippen LogP contribution in [0.1, 0.15) is 33.1 Å². The van der Waals surface area contributed by atoms with E-state index in [9.17, 15) is 4.79 Å². The lowest BCUT2D eigenvalue weighted by Gasteiger charge is -2.40. The Hall–Kier alpha value is -0.590. The number of carbonyl (C=O) groups excluding carboxylic acids is 1. The molecule has 4 rings (SSSR count). The van der Waals surface area contributed by atoms with Gasteiger partial charge >= 0.3 is 0 Å². The van der Waals surface area contributed by atoms with E-state index in [0.29, 0.717) is 11.7 Å². The zero-order valence-corrected chi connectivity index (χ0v) is 10.8. The molecule has 0 radical (unpaired) electrons. The SMILES string of the molecule is CC(=O)CC1C(C)C2CC1C1C3C=CC(C3)C21. The summed E-state index contributed by atoms with van der Waals surface area (Å²) < 4.78 is 0. The van der Waals surface area contributed by atoms with Crippen molar-refractivity contribution in [2.24, 2.45) is 47.3 Å². The Morgan fingerprint density at radius 3 is 2.41 bits per heavy atom. The lowest BCUT2D eigenvalue weighted by atomic mass is 9.64. The topological polar surface area (TPSA) is 17.1 Å². The van der Waals surface area contributed by atoms with Crippen LogP contribution in [0.2, 0.25) is 0 Å². The van der Waals surface area contributed by atoms with Crippen molar-refractivity contribution in [3.05, 3.63) is 12.2 Å². The van der Waals surface area contributed by atoms with Crippen LogP contribution in [0, 0.1) is 47.3 Å². The van der Waals surface area contributed by atoms with Gasteiger partial charge in [-0.1, -0.05) is 19.1 Å². The molecule has 0 saturated heterocycles. The van der Waals surface area contributed by atoms with Crippen LogP contribution in [0.3, 0.4) is 0 Å². The summed E-state index contributed by atoms with van der Waals surface area (Å²) in [4.78, 5) is 11.5. The molecule has 92 valence electrons. The lowest BCUT2D eigenvalue weighted by molar-refractivity contribution is -0.119. The maximum absolute atomic E-state index is 11.5. The van der Waals surface area contributed by atoms with E-state index in [-0.39, 0.29) is 0 Å². The van der Waals surface area contributed by atoms with Crippen LogP contribution in [0.25, 0.3) is 0 Å². The maximum atomic E-state index is 11.5. The Kier molecular flexibility index (Phi) is 1.97. The van der Waals surface area contributed by atoms with E-state index >= 15 is 0 Å². The summed E-state index contributed by atoms with van der Waals surface area (Å²) in [7, 11) is 0. The summed E-state index contributed by atoms with van der Waals surface area (Å²) in [6, 6.07) is 0. The quantitative estimate of drug-likeness (QED) is 0.525. The molecule has 0 heterocycles. The summed E-state index contributed by atoms with van der Waals surface area (Å²) in [5, 5.41) is 0. The number of fused-ring (bicyclic) bond motifs is 9. The molecule has 3 fully saturated rings. The van der Waals surface area contributed by atoms with Gasteiger partial charge in [0, 0.05) is 6.42 Å². The second-order valence-corrected chi connectivity index (χ2v) is 7.10. The van der Waals surface area contributed by atoms with Crippen molar-refractivity contribution in [2.45, 2.75) is 33.1 Å². The Labute approximate surface area is 104 Å². The molecule has 4 bridgehead atoms. The minimum absolute atomic E-state index is 0.407. The number of hydrogen-bond acceptors (Lipinski definition) is 1. The monoisotopic (exact) mass is 230 g/mol. The molecule has 0 aromatic carbocycles. The number of carbonyl (C=O) groups is 1. The molecule has 0 aliphatic heterocycles. The van der Waals surface area contributed by atoms with Gasteiger partial charge in [-0.05, 0) is 67.1 Å². The molecule has 8 unspecified atom stereocenters. The molecule has 0 aromatic heterocycles. The minimum Gasteiger partial charge on any atom is -0.300 e. The Morgan fingerprint density at radius 1 is 1.12 bits per heavy atom. The van der Waals surface area contributed by atoms with Crippen molar-refractivity contribution in [3.8, 4) is 0 Å². The van der Waals surface area contributed by atoms with Crippen molar-refractivity contribution in [3.63, 3.8) is 0 Å². The summed E-state index contributed by atoms with van der Waals surface area (Å²) in [6.45, 7) is 4.20. The average molecular weight is 230 g/mol. The fraction of sp³-hybridized carbons (Fsp3) is 0.812. The highest BCUT2D eigenvalue weighted by molar-refractivity contribution is 5.75.